The minimum atomic E-state index is -4.07. The van der Waals surface area contributed by atoms with Crippen LogP contribution in [0.4, 0.5) is 0 Å². The zero-order chi connectivity index (χ0) is 20.3. The summed E-state index contributed by atoms with van der Waals surface area (Å²) >= 11 is 0. The third-order valence-electron chi connectivity index (χ3n) is 4.94. The predicted molar refractivity (Wildman–Crippen MR) is 120 cm³/mol. The summed E-state index contributed by atoms with van der Waals surface area (Å²) in [6.45, 7) is 8.45. The van der Waals surface area contributed by atoms with Crippen LogP contribution in [0.1, 0.15) is 50.7 Å². The van der Waals surface area contributed by atoms with Crippen LogP contribution in [0.15, 0.2) is 72.8 Å². The molecule has 0 atom stereocenters. The molecule has 3 nitrogen and oxygen atoms in total. The van der Waals surface area contributed by atoms with Crippen molar-refractivity contribution in [2.75, 3.05) is 0 Å². The Morgan fingerprint density at radius 3 is 1.89 bits per heavy atom. The van der Waals surface area contributed by atoms with Gasteiger partial charge in [-0.2, -0.15) is 0 Å². The number of hydrogen-bond acceptors (Lipinski definition) is 3. The van der Waals surface area contributed by atoms with E-state index in [9.17, 15) is 9.79 Å². The molecule has 0 fully saturated rings. The molecule has 4 heteroatoms. The summed E-state index contributed by atoms with van der Waals surface area (Å²) in [6.07, 6.45) is 0. The molecular formula is C24H29O3P. The molecule has 0 aromatic heterocycles. The molecule has 3 rings (SSSR count). The van der Waals surface area contributed by atoms with Gasteiger partial charge in [-0.05, 0) is 0 Å². The summed E-state index contributed by atoms with van der Waals surface area (Å²) in [5, 5.41) is 0.426. The molecule has 3 aromatic carbocycles. The van der Waals surface area contributed by atoms with Gasteiger partial charge in [-0.3, -0.25) is 0 Å². The molecule has 28 heavy (non-hydrogen) atoms. The average Bonchev–Trinajstić information content (AvgIpc) is 2.68. The van der Waals surface area contributed by atoms with Gasteiger partial charge in [0, 0.05) is 0 Å². The summed E-state index contributed by atoms with van der Waals surface area (Å²) in [6, 6.07) is 23.2. The van der Waals surface area contributed by atoms with Gasteiger partial charge in [0.1, 0.15) is 0 Å². The maximum absolute atomic E-state index is 10.8. The predicted octanol–water partition coefficient (Wildman–Crippen LogP) is 5.78. The fourth-order valence-electron chi connectivity index (χ4n) is 3.19. The molecule has 0 saturated heterocycles. The van der Waals surface area contributed by atoms with Gasteiger partial charge in [0.2, 0.25) is 0 Å². The van der Waals surface area contributed by atoms with E-state index in [2.05, 4.69) is 33.8 Å². The summed E-state index contributed by atoms with van der Waals surface area (Å²) in [4.78, 5) is 21.5. The van der Waals surface area contributed by atoms with Gasteiger partial charge in [-0.15, -0.1) is 0 Å². The Bertz CT molecular complexity index is 916. The molecule has 0 unspecified atom stereocenters. The van der Waals surface area contributed by atoms with E-state index in [1.54, 1.807) is 12.1 Å². The Hall–Kier alpha value is -2.19. The van der Waals surface area contributed by atoms with E-state index in [1.165, 1.54) is 5.56 Å². The van der Waals surface area contributed by atoms with E-state index in [1.807, 2.05) is 54.6 Å². The van der Waals surface area contributed by atoms with Crippen LogP contribution in [0.5, 0.6) is 5.75 Å². The van der Waals surface area contributed by atoms with Crippen molar-refractivity contribution in [2.24, 2.45) is 0 Å². The van der Waals surface area contributed by atoms with Crippen molar-refractivity contribution in [3.05, 3.63) is 83.9 Å². The summed E-state index contributed by atoms with van der Waals surface area (Å²) in [5.74, 6) is 1.17. The van der Waals surface area contributed by atoms with Gasteiger partial charge in [-0.1, -0.05) is 0 Å². The van der Waals surface area contributed by atoms with Crippen LogP contribution in [0.2, 0.25) is 0 Å². The van der Waals surface area contributed by atoms with Crippen molar-refractivity contribution < 1.29 is 14.3 Å². The molecule has 0 saturated carbocycles. The maximum atomic E-state index is 10.8. The van der Waals surface area contributed by atoms with E-state index in [4.69, 9.17) is 4.52 Å². The molecule has 0 amide bonds. The Morgan fingerprint density at radius 1 is 0.714 bits per heavy atom. The van der Waals surface area contributed by atoms with E-state index in [-0.39, 0.29) is 5.92 Å². The molecule has 0 aliphatic rings. The molecule has 0 spiro atoms. The molecular weight excluding hydrogens is 367 g/mol. The SMILES string of the molecule is CC(C)c1ccc(O[PH](O)(O)c2ccc(-c3ccccc3)cc2)c(C(C)C)c1. The molecule has 148 valence electrons. The first-order chi connectivity index (χ1) is 13.3. The van der Waals surface area contributed by atoms with Crippen molar-refractivity contribution >= 4 is 13.2 Å². The molecule has 0 heterocycles. The summed E-state index contributed by atoms with van der Waals surface area (Å²) in [5.41, 5.74) is 4.32. The number of benzene rings is 3. The van der Waals surface area contributed by atoms with Crippen molar-refractivity contribution in [1.29, 1.82) is 0 Å². The molecule has 2 N–H and O–H groups in total. The molecule has 0 bridgehead atoms. The molecule has 0 aliphatic heterocycles. The summed E-state index contributed by atoms with van der Waals surface area (Å²) in [7, 11) is -4.07. The Kier molecular flexibility index (Phi) is 6.20. The second-order valence-corrected chi connectivity index (χ2v) is 9.76. The first-order valence-corrected chi connectivity index (χ1v) is 11.5. The van der Waals surface area contributed by atoms with Crippen LogP contribution in [0, 0.1) is 0 Å². The van der Waals surface area contributed by atoms with Gasteiger partial charge in [-0.25, -0.2) is 0 Å². The normalized spacial score (nSPS) is 12.4. The van der Waals surface area contributed by atoms with E-state index < -0.39 is 7.94 Å². The van der Waals surface area contributed by atoms with E-state index >= 15 is 0 Å². The van der Waals surface area contributed by atoms with Gasteiger partial charge in [0.25, 0.3) is 0 Å². The van der Waals surface area contributed by atoms with Crippen LogP contribution in [-0.4, -0.2) is 9.79 Å². The Morgan fingerprint density at radius 2 is 1.32 bits per heavy atom. The van der Waals surface area contributed by atoms with Gasteiger partial charge in [0.05, 0.1) is 0 Å². The van der Waals surface area contributed by atoms with Crippen molar-refractivity contribution in [2.45, 2.75) is 39.5 Å². The van der Waals surface area contributed by atoms with Crippen LogP contribution in [0.25, 0.3) is 11.1 Å². The first kappa shape index (κ1) is 20.5. The first-order valence-electron chi connectivity index (χ1n) is 9.71. The van der Waals surface area contributed by atoms with Crippen LogP contribution < -0.4 is 9.83 Å². The fourth-order valence-corrected chi connectivity index (χ4v) is 4.40. The number of hydrogen-bond donors (Lipinski definition) is 2. The van der Waals surface area contributed by atoms with Crippen LogP contribution >= 0.6 is 7.94 Å². The average molecular weight is 396 g/mol. The third kappa shape index (κ3) is 4.62. The zero-order valence-corrected chi connectivity index (χ0v) is 17.9. The van der Waals surface area contributed by atoms with Crippen molar-refractivity contribution in [3.8, 4) is 16.9 Å². The van der Waals surface area contributed by atoms with Gasteiger partial charge < -0.3 is 0 Å². The summed E-state index contributed by atoms with van der Waals surface area (Å²) < 4.78 is 5.81. The minimum absolute atomic E-state index is 0.221. The molecule has 3 aromatic rings. The second kappa shape index (κ2) is 8.45. The van der Waals surface area contributed by atoms with Crippen LogP contribution in [-0.2, 0) is 0 Å². The van der Waals surface area contributed by atoms with E-state index in [0.29, 0.717) is 17.0 Å². The van der Waals surface area contributed by atoms with Crippen molar-refractivity contribution in [3.63, 3.8) is 0 Å². The molecule has 0 radical (unpaired) electrons. The standard InChI is InChI=1S/C24H29O3P/c1-17(2)21-12-15-24(23(16-21)18(3)4)27-28(25,26)22-13-10-20(11-14-22)19-8-6-5-7-9-19/h5-18,25-26,28H,1-4H3. The zero-order valence-electron chi connectivity index (χ0n) is 16.9. The van der Waals surface area contributed by atoms with Crippen LogP contribution in [0.3, 0.4) is 0 Å². The molecule has 0 aliphatic carbocycles. The van der Waals surface area contributed by atoms with Crippen molar-refractivity contribution in [1.82, 2.24) is 0 Å². The monoisotopic (exact) mass is 396 g/mol. The second-order valence-electron chi connectivity index (χ2n) is 7.76. The Labute approximate surface area is 168 Å². The topological polar surface area (TPSA) is 49.7 Å². The quantitative estimate of drug-likeness (QED) is 0.519. The van der Waals surface area contributed by atoms with E-state index in [0.717, 1.165) is 16.7 Å². The third-order valence-corrected chi connectivity index (χ3v) is 6.53. The Balaban J connectivity index is 1.87. The van der Waals surface area contributed by atoms with Gasteiger partial charge in [0.15, 0.2) is 0 Å². The number of rotatable bonds is 6. The van der Waals surface area contributed by atoms with Gasteiger partial charge >= 0.3 is 168 Å². The fraction of sp³-hybridized carbons (Fsp3) is 0.250.